The number of rotatable bonds is 6. The molecule has 0 amide bonds. The smallest absolute Gasteiger partial charge is 0.0601 e. The highest BCUT2D eigenvalue weighted by Gasteiger charge is 2.23. The summed E-state index contributed by atoms with van der Waals surface area (Å²) in [5.74, 6) is 2.72. The number of nitrogens with one attached hydrogen (secondary N) is 1. The van der Waals surface area contributed by atoms with Crippen LogP contribution in [0, 0.1) is 12.3 Å². The van der Waals surface area contributed by atoms with Gasteiger partial charge in [-0.05, 0) is 25.5 Å². The Balaban J connectivity index is 2.02. The summed E-state index contributed by atoms with van der Waals surface area (Å²) >= 11 is 0. The van der Waals surface area contributed by atoms with Crippen molar-refractivity contribution in [2.75, 3.05) is 20.1 Å². The third-order valence-corrected chi connectivity index (χ3v) is 3.23. The highest BCUT2D eigenvalue weighted by Crippen LogP contribution is 2.22. The van der Waals surface area contributed by atoms with Crippen LogP contribution in [0.3, 0.4) is 0 Å². The first kappa shape index (κ1) is 12.2. The number of benzene rings is 1. The number of nitrogens with zero attached hydrogens (tertiary/aromatic N) is 1. The molecule has 1 N–H and O–H groups in total. The van der Waals surface area contributed by atoms with Gasteiger partial charge in [-0.1, -0.05) is 36.3 Å². The van der Waals surface area contributed by atoms with Gasteiger partial charge in [0.2, 0.25) is 0 Å². The van der Waals surface area contributed by atoms with Gasteiger partial charge in [0.1, 0.15) is 0 Å². The van der Waals surface area contributed by atoms with Crippen LogP contribution in [-0.4, -0.2) is 31.1 Å². The summed E-state index contributed by atoms with van der Waals surface area (Å²) < 4.78 is 0. The number of likely N-dealkylation sites (N-methyl/N-ethyl adjacent to an activating group) is 1. The molecule has 0 bridgehead atoms. The third-order valence-electron chi connectivity index (χ3n) is 3.23. The van der Waals surface area contributed by atoms with Crippen LogP contribution in [0.2, 0.25) is 0 Å². The zero-order chi connectivity index (χ0) is 12.1. The van der Waals surface area contributed by atoms with Crippen LogP contribution in [0.5, 0.6) is 0 Å². The molecular weight excluding hydrogens is 208 g/mol. The van der Waals surface area contributed by atoms with E-state index < -0.39 is 0 Å². The van der Waals surface area contributed by atoms with Crippen molar-refractivity contribution in [1.29, 1.82) is 0 Å². The number of hydrogen-bond donors (Lipinski definition) is 1. The summed E-state index contributed by atoms with van der Waals surface area (Å²) in [6, 6.07) is 11.7. The zero-order valence-corrected chi connectivity index (χ0v) is 10.4. The van der Waals surface area contributed by atoms with E-state index in [1.807, 2.05) is 0 Å². The minimum Gasteiger partial charge on any atom is -0.312 e. The van der Waals surface area contributed by atoms with Gasteiger partial charge in [-0.25, -0.2) is 0 Å². The Morgan fingerprint density at radius 3 is 2.71 bits per heavy atom. The molecule has 1 atom stereocenters. The Morgan fingerprint density at radius 2 is 2.12 bits per heavy atom. The van der Waals surface area contributed by atoms with Gasteiger partial charge in [0.05, 0.1) is 6.54 Å². The molecule has 1 aromatic rings. The molecule has 90 valence electrons. The average molecular weight is 228 g/mol. The molecule has 1 aliphatic carbocycles. The van der Waals surface area contributed by atoms with Crippen LogP contribution in [0.1, 0.15) is 24.4 Å². The van der Waals surface area contributed by atoms with Crippen LogP contribution in [-0.2, 0) is 0 Å². The molecule has 17 heavy (non-hydrogen) atoms. The lowest BCUT2D eigenvalue weighted by Gasteiger charge is -2.27. The second-order valence-corrected chi connectivity index (χ2v) is 4.73. The molecule has 0 aliphatic heterocycles. The maximum absolute atomic E-state index is 5.40. The molecule has 0 saturated heterocycles. The average Bonchev–Trinajstić information content (AvgIpc) is 3.15. The molecule has 2 rings (SSSR count). The number of hydrogen-bond acceptors (Lipinski definition) is 2. The Kier molecular flexibility index (Phi) is 4.19. The summed E-state index contributed by atoms with van der Waals surface area (Å²) in [7, 11) is 2.09. The maximum Gasteiger partial charge on any atom is 0.0601 e. The summed E-state index contributed by atoms with van der Waals surface area (Å²) in [5.41, 5.74) is 1.33. The van der Waals surface area contributed by atoms with Crippen molar-refractivity contribution in [3.05, 3.63) is 35.9 Å². The molecule has 0 heterocycles. The van der Waals surface area contributed by atoms with Crippen molar-refractivity contribution in [2.45, 2.75) is 24.9 Å². The summed E-state index contributed by atoms with van der Waals surface area (Å²) in [6.45, 7) is 1.67. The van der Waals surface area contributed by atoms with Crippen molar-refractivity contribution >= 4 is 0 Å². The lowest BCUT2D eigenvalue weighted by atomic mass is 10.1. The molecule has 1 aliphatic rings. The van der Waals surface area contributed by atoms with Crippen molar-refractivity contribution in [1.82, 2.24) is 10.2 Å². The fraction of sp³-hybridized carbons (Fsp3) is 0.467. The Hall–Kier alpha value is -1.30. The molecule has 0 spiro atoms. The Bertz CT molecular complexity index is 376. The topological polar surface area (TPSA) is 15.3 Å². The van der Waals surface area contributed by atoms with Gasteiger partial charge in [-0.2, -0.15) is 0 Å². The molecule has 2 heteroatoms. The summed E-state index contributed by atoms with van der Waals surface area (Å²) in [5, 5.41) is 3.58. The van der Waals surface area contributed by atoms with E-state index in [-0.39, 0.29) is 0 Å². The second-order valence-electron chi connectivity index (χ2n) is 4.73. The normalized spacial score (nSPS) is 16.8. The molecule has 0 aromatic heterocycles. The largest absolute Gasteiger partial charge is 0.312 e. The van der Waals surface area contributed by atoms with Crippen LogP contribution in [0.25, 0.3) is 0 Å². The lowest BCUT2D eigenvalue weighted by Crippen LogP contribution is -2.34. The van der Waals surface area contributed by atoms with E-state index >= 15 is 0 Å². The van der Waals surface area contributed by atoms with Gasteiger partial charge in [0.15, 0.2) is 0 Å². The highest BCUT2D eigenvalue weighted by molar-refractivity contribution is 5.20. The van der Waals surface area contributed by atoms with Gasteiger partial charge in [0.25, 0.3) is 0 Å². The summed E-state index contributed by atoms with van der Waals surface area (Å²) in [4.78, 5) is 2.23. The van der Waals surface area contributed by atoms with Crippen molar-refractivity contribution < 1.29 is 0 Å². The number of terminal acetylenes is 1. The Labute approximate surface area is 104 Å². The molecular formula is C15H20N2. The van der Waals surface area contributed by atoms with Gasteiger partial charge in [0, 0.05) is 18.6 Å². The molecule has 1 fully saturated rings. The Morgan fingerprint density at radius 1 is 1.41 bits per heavy atom. The van der Waals surface area contributed by atoms with E-state index in [4.69, 9.17) is 6.42 Å². The monoisotopic (exact) mass is 228 g/mol. The first-order chi connectivity index (χ1) is 8.31. The first-order valence-corrected chi connectivity index (χ1v) is 6.23. The van der Waals surface area contributed by atoms with E-state index in [1.165, 1.54) is 18.4 Å². The van der Waals surface area contributed by atoms with Crippen molar-refractivity contribution in [3.63, 3.8) is 0 Å². The van der Waals surface area contributed by atoms with Crippen LogP contribution < -0.4 is 5.32 Å². The van der Waals surface area contributed by atoms with Crippen molar-refractivity contribution in [3.8, 4) is 12.3 Å². The molecule has 0 radical (unpaired) electrons. The zero-order valence-electron chi connectivity index (χ0n) is 10.4. The van der Waals surface area contributed by atoms with E-state index in [0.717, 1.165) is 12.6 Å². The van der Waals surface area contributed by atoms with Crippen LogP contribution in [0.4, 0.5) is 0 Å². The van der Waals surface area contributed by atoms with E-state index in [1.54, 1.807) is 0 Å². The quantitative estimate of drug-likeness (QED) is 0.750. The van der Waals surface area contributed by atoms with Gasteiger partial charge >= 0.3 is 0 Å². The highest BCUT2D eigenvalue weighted by atomic mass is 15.1. The van der Waals surface area contributed by atoms with E-state index in [0.29, 0.717) is 12.6 Å². The SMILES string of the molecule is C#CCN(C)C(CNC1CC1)c1ccccc1. The minimum atomic E-state index is 0.368. The predicted octanol–water partition coefficient (Wildman–Crippen LogP) is 2.04. The van der Waals surface area contributed by atoms with Crippen LogP contribution in [0.15, 0.2) is 30.3 Å². The van der Waals surface area contributed by atoms with Gasteiger partial charge < -0.3 is 5.32 Å². The summed E-state index contributed by atoms with van der Waals surface area (Å²) in [6.07, 6.45) is 8.04. The predicted molar refractivity (Wildman–Crippen MR) is 71.7 cm³/mol. The molecule has 2 nitrogen and oxygen atoms in total. The maximum atomic E-state index is 5.40. The fourth-order valence-electron chi connectivity index (χ4n) is 2.02. The van der Waals surface area contributed by atoms with Gasteiger partial charge in [-0.3, -0.25) is 4.90 Å². The van der Waals surface area contributed by atoms with E-state index in [2.05, 4.69) is 53.5 Å². The lowest BCUT2D eigenvalue weighted by molar-refractivity contribution is 0.265. The second kappa shape index (κ2) is 5.86. The molecule has 1 saturated carbocycles. The van der Waals surface area contributed by atoms with E-state index in [9.17, 15) is 0 Å². The van der Waals surface area contributed by atoms with Crippen molar-refractivity contribution in [2.24, 2.45) is 0 Å². The molecule has 1 aromatic carbocycles. The minimum absolute atomic E-state index is 0.368. The first-order valence-electron chi connectivity index (χ1n) is 6.23. The van der Waals surface area contributed by atoms with Crippen LogP contribution >= 0.6 is 0 Å². The fourth-order valence-corrected chi connectivity index (χ4v) is 2.02. The third kappa shape index (κ3) is 3.59. The molecule has 1 unspecified atom stereocenters. The van der Waals surface area contributed by atoms with Gasteiger partial charge in [-0.15, -0.1) is 6.42 Å². The standard InChI is InChI=1S/C15H20N2/c1-3-11-17(2)15(12-16-14-9-10-14)13-7-5-4-6-8-13/h1,4-8,14-16H,9-12H2,2H3.